The summed E-state index contributed by atoms with van der Waals surface area (Å²) >= 11 is 1.62. The van der Waals surface area contributed by atoms with E-state index in [0.29, 0.717) is 19.5 Å². The highest BCUT2D eigenvalue weighted by Crippen LogP contribution is 2.27. The van der Waals surface area contributed by atoms with Gasteiger partial charge in [0, 0.05) is 41.3 Å². The molecule has 7 heteroatoms. The van der Waals surface area contributed by atoms with Crippen LogP contribution in [0, 0.1) is 0 Å². The van der Waals surface area contributed by atoms with E-state index in [1.54, 1.807) is 22.5 Å². The maximum absolute atomic E-state index is 13.0. The number of carbonyl (C=O) groups excluding carboxylic acids is 1. The molecule has 174 valence electrons. The number of fused-ring (bicyclic) bond motifs is 2. The van der Waals surface area contributed by atoms with Crippen molar-refractivity contribution in [1.82, 2.24) is 19.6 Å². The largest absolute Gasteiger partial charge is 0.467 e. The smallest absolute Gasteiger partial charge is 0.318 e. The molecule has 3 aromatic heterocycles. The number of nitrogens with zero attached hydrogens (tertiary/aromatic N) is 3. The first kappa shape index (κ1) is 22.2. The SMILES string of the molecule is CC(C)(C)NC(=O)N(CCc1csc2nc(-c3ccc4ccccc4c3)cn12)Cc1ccco1. The van der Waals surface area contributed by atoms with Crippen LogP contribution in [0.2, 0.25) is 0 Å². The van der Waals surface area contributed by atoms with Gasteiger partial charge in [-0.25, -0.2) is 9.78 Å². The lowest BCUT2D eigenvalue weighted by Crippen LogP contribution is -2.48. The number of thiazole rings is 1. The van der Waals surface area contributed by atoms with Crippen LogP contribution in [0.5, 0.6) is 0 Å². The molecule has 5 rings (SSSR count). The lowest BCUT2D eigenvalue weighted by atomic mass is 10.1. The molecular formula is C27H28N4O2S. The van der Waals surface area contributed by atoms with Gasteiger partial charge < -0.3 is 14.6 Å². The van der Waals surface area contributed by atoms with Crippen molar-refractivity contribution < 1.29 is 9.21 Å². The number of furan rings is 1. The lowest BCUT2D eigenvalue weighted by molar-refractivity contribution is 0.182. The van der Waals surface area contributed by atoms with Crippen LogP contribution in [-0.4, -0.2) is 32.4 Å². The molecule has 0 saturated heterocycles. The molecule has 0 aliphatic heterocycles. The predicted molar refractivity (Wildman–Crippen MR) is 137 cm³/mol. The Morgan fingerprint density at radius 3 is 2.71 bits per heavy atom. The second kappa shape index (κ2) is 8.99. The van der Waals surface area contributed by atoms with Crippen LogP contribution in [0.3, 0.4) is 0 Å². The number of nitrogens with one attached hydrogen (secondary N) is 1. The third-order valence-electron chi connectivity index (χ3n) is 5.66. The molecule has 34 heavy (non-hydrogen) atoms. The number of aromatic nitrogens is 2. The molecule has 0 spiro atoms. The van der Waals surface area contributed by atoms with Crippen molar-refractivity contribution in [2.75, 3.05) is 6.54 Å². The van der Waals surface area contributed by atoms with Crippen LogP contribution in [0.15, 0.2) is 76.9 Å². The van der Waals surface area contributed by atoms with E-state index in [-0.39, 0.29) is 11.6 Å². The Morgan fingerprint density at radius 2 is 1.94 bits per heavy atom. The molecule has 1 N–H and O–H groups in total. The van der Waals surface area contributed by atoms with E-state index in [1.807, 2.05) is 32.9 Å². The Bertz CT molecular complexity index is 1430. The zero-order valence-electron chi connectivity index (χ0n) is 19.6. The van der Waals surface area contributed by atoms with Crippen LogP contribution in [-0.2, 0) is 13.0 Å². The van der Waals surface area contributed by atoms with Gasteiger partial charge in [-0.15, -0.1) is 11.3 Å². The molecule has 0 atom stereocenters. The monoisotopic (exact) mass is 472 g/mol. The van der Waals surface area contributed by atoms with Crippen molar-refractivity contribution in [2.45, 2.75) is 39.3 Å². The minimum absolute atomic E-state index is 0.0992. The first-order chi connectivity index (χ1) is 16.4. The van der Waals surface area contributed by atoms with Crippen LogP contribution in [0.1, 0.15) is 32.2 Å². The summed E-state index contributed by atoms with van der Waals surface area (Å²) in [6, 6.07) is 18.4. The van der Waals surface area contributed by atoms with Gasteiger partial charge in [0.25, 0.3) is 0 Å². The van der Waals surface area contributed by atoms with Gasteiger partial charge in [0.15, 0.2) is 4.96 Å². The van der Waals surface area contributed by atoms with Gasteiger partial charge >= 0.3 is 6.03 Å². The highest BCUT2D eigenvalue weighted by Gasteiger charge is 2.21. The minimum Gasteiger partial charge on any atom is -0.467 e. The normalized spacial score (nSPS) is 11.9. The molecular weight excluding hydrogens is 444 g/mol. The maximum atomic E-state index is 13.0. The summed E-state index contributed by atoms with van der Waals surface area (Å²) in [5.41, 5.74) is 2.88. The van der Waals surface area contributed by atoms with E-state index in [0.717, 1.165) is 27.7 Å². The average molecular weight is 473 g/mol. The summed E-state index contributed by atoms with van der Waals surface area (Å²) < 4.78 is 7.64. The molecule has 0 unspecified atom stereocenters. The van der Waals surface area contributed by atoms with Crippen LogP contribution < -0.4 is 5.32 Å². The number of benzene rings is 2. The van der Waals surface area contributed by atoms with Crippen molar-refractivity contribution >= 4 is 33.1 Å². The molecule has 0 aliphatic rings. The van der Waals surface area contributed by atoms with Crippen molar-refractivity contribution in [1.29, 1.82) is 0 Å². The lowest BCUT2D eigenvalue weighted by Gasteiger charge is -2.28. The minimum atomic E-state index is -0.312. The fraction of sp³-hybridized carbons (Fsp3) is 0.259. The number of hydrogen-bond donors (Lipinski definition) is 1. The van der Waals surface area contributed by atoms with Crippen LogP contribution in [0.4, 0.5) is 4.79 Å². The standard InChI is InChI=1S/C27H28N4O2S/c1-27(2,3)29-25(32)30(16-23-9-6-14-33-23)13-12-22-18-34-26-28-24(17-31(22)26)21-11-10-19-7-4-5-8-20(19)15-21/h4-11,14-15,17-18H,12-13,16H2,1-3H3,(H,29,32). The highest BCUT2D eigenvalue weighted by molar-refractivity contribution is 7.15. The zero-order valence-corrected chi connectivity index (χ0v) is 20.4. The Kier molecular flexibility index (Phi) is 5.87. The molecule has 0 saturated carbocycles. The first-order valence-corrected chi connectivity index (χ1v) is 12.3. The molecule has 5 aromatic rings. The fourth-order valence-corrected chi connectivity index (χ4v) is 4.90. The summed E-state index contributed by atoms with van der Waals surface area (Å²) in [6.45, 7) is 6.95. The highest BCUT2D eigenvalue weighted by atomic mass is 32.1. The number of hydrogen-bond acceptors (Lipinski definition) is 4. The van der Waals surface area contributed by atoms with E-state index in [2.05, 4.69) is 63.8 Å². The molecule has 0 bridgehead atoms. The van der Waals surface area contributed by atoms with E-state index >= 15 is 0 Å². The van der Waals surface area contributed by atoms with Gasteiger partial charge in [0.1, 0.15) is 5.76 Å². The molecule has 0 aliphatic carbocycles. The van der Waals surface area contributed by atoms with E-state index < -0.39 is 0 Å². The van der Waals surface area contributed by atoms with Crippen molar-refractivity contribution in [3.63, 3.8) is 0 Å². The number of rotatable bonds is 6. The van der Waals surface area contributed by atoms with Gasteiger partial charge in [-0.05, 0) is 49.7 Å². The topological polar surface area (TPSA) is 62.8 Å². The first-order valence-electron chi connectivity index (χ1n) is 11.4. The van der Waals surface area contributed by atoms with Crippen molar-refractivity contribution in [2.24, 2.45) is 0 Å². The van der Waals surface area contributed by atoms with Gasteiger partial charge in [-0.1, -0.05) is 36.4 Å². The third-order valence-corrected chi connectivity index (χ3v) is 6.55. The second-order valence-electron chi connectivity index (χ2n) is 9.50. The molecule has 0 fully saturated rings. The fourth-order valence-electron chi connectivity index (χ4n) is 3.99. The number of urea groups is 1. The summed E-state index contributed by atoms with van der Waals surface area (Å²) in [4.78, 5) is 20.6. The summed E-state index contributed by atoms with van der Waals surface area (Å²) in [7, 11) is 0. The molecule has 6 nitrogen and oxygen atoms in total. The summed E-state index contributed by atoms with van der Waals surface area (Å²) in [5, 5.41) is 7.62. The molecule has 2 amide bonds. The summed E-state index contributed by atoms with van der Waals surface area (Å²) in [6.07, 6.45) is 4.44. The van der Waals surface area contributed by atoms with Crippen molar-refractivity contribution in [3.8, 4) is 11.3 Å². The molecule has 2 aromatic carbocycles. The summed E-state index contributed by atoms with van der Waals surface area (Å²) in [5.74, 6) is 0.765. The van der Waals surface area contributed by atoms with Crippen molar-refractivity contribution in [3.05, 3.63) is 83.9 Å². The number of amides is 2. The Hall–Kier alpha value is -3.58. The van der Waals surface area contributed by atoms with Gasteiger partial charge in [0.05, 0.1) is 18.5 Å². The Morgan fingerprint density at radius 1 is 1.12 bits per heavy atom. The van der Waals surface area contributed by atoms with E-state index in [9.17, 15) is 4.79 Å². The number of imidazole rings is 1. The average Bonchev–Trinajstić information content (AvgIpc) is 3.53. The quantitative estimate of drug-likeness (QED) is 0.313. The molecule has 0 radical (unpaired) electrons. The van der Waals surface area contributed by atoms with Gasteiger partial charge in [-0.3, -0.25) is 4.40 Å². The van der Waals surface area contributed by atoms with Crippen LogP contribution >= 0.6 is 11.3 Å². The van der Waals surface area contributed by atoms with Gasteiger partial charge in [-0.2, -0.15) is 0 Å². The Balaban J connectivity index is 1.36. The Labute approximate surface area is 202 Å². The number of carbonyl (C=O) groups is 1. The third kappa shape index (κ3) is 4.84. The maximum Gasteiger partial charge on any atom is 0.318 e. The van der Waals surface area contributed by atoms with Crippen LogP contribution in [0.25, 0.3) is 27.0 Å². The van der Waals surface area contributed by atoms with E-state index in [4.69, 9.17) is 9.40 Å². The van der Waals surface area contributed by atoms with E-state index in [1.165, 1.54) is 10.8 Å². The zero-order chi connectivity index (χ0) is 23.7. The van der Waals surface area contributed by atoms with Gasteiger partial charge in [0.2, 0.25) is 0 Å². The predicted octanol–water partition coefficient (Wildman–Crippen LogP) is 6.36. The molecule has 3 heterocycles. The second-order valence-corrected chi connectivity index (χ2v) is 10.3.